The van der Waals surface area contributed by atoms with Gasteiger partial charge in [-0.1, -0.05) is 42.5 Å². The van der Waals surface area contributed by atoms with E-state index in [1.807, 2.05) is 65.6 Å². The molecule has 0 spiro atoms. The molecule has 0 bridgehead atoms. The van der Waals surface area contributed by atoms with Crippen LogP contribution in [-0.2, 0) is 0 Å². The molecule has 0 radical (unpaired) electrons. The van der Waals surface area contributed by atoms with Crippen LogP contribution in [0.1, 0.15) is 10.5 Å². The highest BCUT2D eigenvalue weighted by Gasteiger charge is 2.24. The smallest absolute Gasteiger partial charge is 0.273 e. The minimum Gasteiger partial charge on any atom is -0.492 e. The number of benzene rings is 2. The highest BCUT2D eigenvalue weighted by atomic mass is 16.5. The standard InChI is InChI=1S/C22H23N3O2/c26-22(21-20-9-5-4-6-18(20)10-11-23-21)25-14-12-24(13-15-25)16-17-27-19-7-2-1-3-8-19/h1-11H,12-17H2. The van der Waals surface area contributed by atoms with Crippen LogP contribution in [0.5, 0.6) is 5.75 Å². The fourth-order valence-corrected chi connectivity index (χ4v) is 3.42. The van der Waals surface area contributed by atoms with Crippen LogP contribution in [0.4, 0.5) is 0 Å². The summed E-state index contributed by atoms with van der Waals surface area (Å²) >= 11 is 0. The van der Waals surface area contributed by atoms with E-state index >= 15 is 0 Å². The first-order chi connectivity index (χ1) is 13.3. The van der Waals surface area contributed by atoms with Crippen molar-refractivity contribution in [3.05, 3.63) is 72.6 Å². The predicted molar refractivity (Wildman–Crippen MR) is 106 cm³/mol. The number of carbonyl (C=O) groups is 1. The van der Waals surface area contributed by atoms with Gasteiger partial charge >= 0.3 is 0 Å². The third kappa shape index (κ3) is 4.09. The lowest BCUT2D eigenvalue weighted by molar-refractivity contribution is 0.0617. The van der Waals surface area contributed by atoms with E-state index in [9.17, 15) is 4.79 Å². The van der Waals surface area contributed by atoms with Crippen molar-refractivity contribution >= 4 is 16.7 Å². The number of para-hydroxylation sites is 1. The minimum atomic E-state index is 0.0204. The fourth-order valence-electron chi connectivity index (χ4n) is 3.42. The first-order valence-corrected chi connectivity index (χ1v) is 9.34. The minimum absolute atomic E-state index is 0.0204. The molecular weight excluding hydrogens is 338 g/mol. The van der Waals surface area contributed by atoms with E-state index in [1.165, 1.54) is 0 Å². The number of nitrogens with zero attached hydrogens (tertiary/aromatic N) is 3. The molecule has 0 atom stereocenters. The molecule has 0 unspecified atom stereocenters. The number of amides is 1. The summed E-state index contributed by atoms with van der Waals surface area (Å²) in [7, 11) is 0. The molecule has 1 fully saturated rings. The maximum absolute atomic E-state index is 12.9. The molecule has 1 saturated heterocycles. The number of hydrogen-bond donors (Lipinski definition) is 0. The van der Waals surface area contributed by atoms with Crippen LogP contribution < -0.4 is 4.74 Å². The number of carbonyl (C=O) groups excluding carboxylic acids is 1. The average Bonchev–Trinajstić information content (AvgIpc) is 2.74. The second kappa shape index (κ2) is 8.18. The van der Waals surface area contributed by atoms with E-state index in [0.29, 0.717) is 12.3 Å². The van der Waals surface area contributed by atoms with Crippen LogP contribution in [0.25, 0.3) is 10.8 Å². The lowest BCUT2D eigenvalue weighted by Gasteiger charge is -2.34. The molecule has 2 heterocycles. The number of pyridine rings is 1. The molecule has 4 rings (SSSR count). The van der Waals surface area contributed by atoms with Gasteiger partial charge in [-0.3, -0.25) is 14.7 Å². The van der Waals surface area contributed by atoms with Crippen molar-refractivity contribution in [3.63, 3.8) is 0 Å². The third-order valence-corrected chi connectivity index (χ3v) is 4.96. The normalized spacial score (nSPS) is 15.0. The summed E-state index contributed by atoms with van der Waals surface area (Å²) in [5, 5.41) is 1.97. The summed E-state index contributed by atoms with van der Waals surface area (Å²) in [6.45, 7) is 4.67. The van der Waals surface area contributed by atoms with Crippen LogP contribution in [0.3, 0.4) is 0 Å². The van der Waals surface area contributed by atoms with Crippen molar-refractivity contribution in [3.8, 4) is 5.75 Å². The molecule has 0 N–H and O–H groups in total. The summed E-state index contributed by atoms with van der Waals surface area (Å²) in [6, 6.07) is 19.7. The van der Waals surface area contributed by atoms with Gasteiger partial charge in [-0.25, -0.2) is 0 Å². The van der Waals surface area contributed by atoms with Gasteiger partial charge in [-0.05, 0) is 23.6 Å². The first-order valence-electron chi connectivity index (χ1n) is 9.34. The SMILES string of the molecule is O=C(c1nccc2ccccc12)N1CCN(CCOc2ccccc2)CC1. The molecule has 2 aromatic carbocycles. The van der Waals surface area contributed by atoms with Crippen LogP contribution in [-0.4, -0.2) is 60.0 Å². The lowest BCUT2D eigenvalue weighted by atomic mass is 10.1. The molecule has 3 aromatic rings. The Labute approximate surface area is 159 Å². The average molecular weight is 361 g/mol. The van der Waals surface area contributed by atoms with Crippen LogP contribution in [0.15, 0.2) is 66.9 Å². The van der Waals surface area contributed by atoms with Crippen molar-refractivity contribution in [2.24, 2.45) is 0 Å². The lowest BCUT2D eigenvalue weighted by Crippen LogP contribution is -2.49. The summed E-state index contributed by atoms with van der Waals surface area (Å²) in [4.78, 5) is 21.5. The molecule has 5 nitrogen and oxygen atoms in total. The van der Waals surface area contributed by atoms with Crippen molar-refractivity contribution in [2.75, 3.05) is 39.3 Å². The molecule has 0 saturated carbocycles. The second-order valence-corrected chi connectivity index (χ2v) is 6.68. The largest absolute Gasteiger partial charge is 0.492 e. The molecule has 27 heavy (non-hydrogen) atoms. The molecule has 0 aliphatic carbocycles. The molecule has 1 aromatic heterocycles. The number of piperazine rings is 1. The van der Waals surface area contributed by atoms with Crippen LogP contribution >= 0.6 is 0 Å². The highest BCUT2D eigenvalue weighted by molar-refractivity contribution is 6.05. The summed E-state index contributed by atoms with van der Waals surface area (Å²) < 4.78 is 5.77. The van der Waals surface area contributed by atoms with E-state index in [4.69, 9.17) is 4.74 Å². The predicted octanol–water partition coefficient (Wildman–Crippen LogP) is 3.07. The van der Waals surface area contributed by atoms with Crippen molar-refractivity contribution in [1.29, 1.82) is 0 Å². The van der Waals surface area contributed by atoms with Gasteiger partial charge in [0, 0.05) is 44.3 Å². The Kier molecular flexibility index (Phi) is 5.30. The van der Waals surface area contributed by atoms with Gasteiger partial charge in [0.05, 0.1) is 0 Å². The summed E-state index contributed by atoms with van der Waals surface area (Å²) in [5.74, 6) is 0.917. The van der Waals surface area contributed by atoms with E-state index < -0.39 is 0 Å². The molecular formula is C22H23N3O2. The zero-order valence-electron chi connectivity index (χ0n) is 15.3. The molecule has 5 heteroatoms. The Balaban J connectivity index is 1.31. The van der Waals surface area contributed by atoms with E-state index in [2.05, 4.69) is 9.88 Å². The van der Waals surface area contributed by atoms with Gasteiger partial charge in [0.25, 0.3) is 5.91 Å². The Bertz CT molecular complexity index is 900. The fraction of sp³-hybridized carbons (Fsp3) is 0.273. The molecule has 1 aliphatic heterocycles. The number of fused-ring (bicyclic) bond motifs is 1. The zero-order chi connectivity index (χ0) is 18.5. The van der Waals surface area contributed by atoms with Gasteiger partial charge < -0.3 is 9.64 Å². The Hall–Kier alpha value is -2.92. The van der Waals surface area contributed by atoms with Crippen molar-refractivity contribution in [1.82, 2.24) is 14.8 Å². The topological polar surface area (TPSA) is 45.7 Å². The van der Waals surface area contributed by atoms with Gasteiger partial charge in [-0.15, -0.1) is 0 Å². The maximum Gasteiger partial charge on any atom is 0.273 e. The van der Waals surface area contributed by atoms with Crippen molar-refractivity contribution < 1.29 is 9.53 Å². The number of aromatic nitrogens is 1. The third-order valence-electron chi connectivity index (χ3n) is 4.96. The van der Waals surface area contributed by atoms with Crippen LogP contribution in [0, 0.1) is 0 Å². The molecule has 1 amide bonds. The van der Waals surface area contributed by atoms with E-state index in [0.717, 1.165) is 49.2 Å². The van der Waals surface area contributed by atoms with Gasteiger partial charge in [0.15, 0.2) is 0 Å². The highest BCUT2D eigenvalue weighted by Crippen LogP contribution is 2.18. The van der Waals surface area contributed by atoms with Crippen LogP contribution in [0.2, 0.25) is 0 Å². The maximum atomic E-state index is 12.9. The zero-order valence-corrected chi connectivity index (χ0v) is 15.3. The van der Waals surface area contributed by atoms with Crippen molar-refractivity contribution in [2.45, 2.75) is 0 Å². The van der Waals surface area contributed by atoms with Gasteiger partial charge in [0.1, 0.15) is 18.1 Å². The van der Waals surface area contributed by atoms with E-state index in [-0.39, 0.29) is 5.91 Å². The first kappa shape index (κ1) is 17.5. The number of ether oxygens (including phenoxy) is 1. The number of hydrogen-bond acceptors (Lipinski definition) is 4. The Morgan fingerprint density at radius 3 is 2.48 bits per heavy atom. The molecule has 138 valence electrons. The monoisotopic (exact) mass is 361 g/mol. The summed E-state index contributed by atoms with van der Waals surface area (Å²) in [5.41, 5.74) is 0.550. The van der Waals surface area contributed by atoms with E-state index in [1.54, 1.807) is 6.20 Å². The Morgan fingerprint density at radius 2 is 1.67 bits per heavy atom. The van der Waals surface area contributed by atoms with Gasteiger partial charge in [-0.2, -0.15) is 0 Å². The summed E-state index contributed by atoms with van der Waals surface area (Å²) in [6.07, 6.45) is 1.72. The second-order valence-electron chi connectivity index (χ2n) is 6.68. The quantitative estimate of drug-likeness (QED) is 0.701. The number of rotatable bonds is 5. The molecule has 1 aliphatic rings. The van der Waals surface area contributed by atoms with Gasteiger partial charge in [0.2, 0.25) is 0 Å². The Morgan fingerprint density at radius 1 is 0.926 bits per heavy atom.